The van der Waals surface area contributed by atoms with Crippen LogP contribution in [0.2, 0.25) is 0 Å². The van der Waals surface area contributed by atoms with Crippen LogP contribution in [0.25, 0.3) is 0 Å². The highest BCUT2D eigenvalue weighted by Gasteiger charge is 2.09. The normalized spacial score (nSPS) is 12.6. The Bertz CT molecular complexity index is 510. The van der Waals surface area contributed by atoms with Crippen LogP contribution in [0, 0.1) is 6.92 Å². The number of nitrogens with zero attached hydrogens (tertiary/aromatic N) is 1. The quantitative estimate of drug-likeness (QED) is 0.878. The predicted octanol–water partition coefficient (Wildman–Crippen LogP) is 4.45. The highest BCUT2D eigenvalue weighted by atomic mass is 79.9. The lowest BCUT2D eigenvalue weighted by atomic mass is 10.0. The Morgan fingerprint density at radius 2 is 2.28 bits per heavy atom. The van der Waals surface area contributed by atoms with Crippen LogP contribution in [-0.4, -0.2) is 4.98 Å². The molecule has 4 heteroatoms. The van der Waals surface area contributed by atoms with Gasteiger partial charge in [0.15, 0.2) is 0 Å². The largest absolute Gasteiger partial charge is 0.304 e. The Morgan fingerprint density at radius 1 is 1.44 bits per heavy atom. The van der Waals surface area contributed by atoms with E-state index in [1.807, 2.05) is 6.20 Å². The molecule has 0 bridgehead atoms. The molecular weight excluding hydrogens is 308 g/mol. The Labute approximate surface area is 121 Å². The molecule has 0 saturated heterocycles. The number of thiazole rings is 1. The lowest BCUT2D eigenvalue weighted by Gasteiger charge is -2.16. The first-order valence-electron chi connectivity index (χ1n) is 6.09. The van der Waals surface area contributed by atoms with Gasteiger partial charge in [0.05, 0.1) is 0 Å². The van der Waals surface area contributed by atoms with Crippen LogP contribution in [0.5, 0.6) is 0 Å². The molecule has 18 heavy (non-hydrogen) atoms. The molecule has 0 radical (unpaired) electrons. The summed E-state index contributed by atoms with van der Waals surface area (Å²) in [5, 5.41) is 4.72. The monoisotopic (exact) mass is 324 g/mol. The van der Waals surface area contributed by atoms with Crippen molar-refractivity contribution in [3.63, 3.8) is 0 Å². The van der Waals surface area contributed by atoms with Crippen molar-refractivity contribution in [2.24, 2.45) is 0 Å². The SMILES string of the molecule is CCC(NCc1ncc(C)s1)c1cccc(Br)c1. The molecular formula is C14H17BrN2S. The van der Waals surface area contributed by atoms with Crippen molar-refractivity contribution < 1.29 is 0 Å². The standard InChI is InChI=1S/C14H17BrN2S/c1-3-13(11-5-4-6-12(15)7-11)16-9-14-17-8-10(2)18-14/h4-8,13,16H,3,9H2,1-2H3. The minimum absolute atomic E-state index is 0.381. The number of aryl methyl sites for hydroxylation is 1. The number of hydrogen-bond donors (Lipinski definition) is 1. The molecule has 2 aromatic rings. The highest BCUT2D eigenvalue weighted by Crippen LogP contribution is 2.21. The summed E-state index contributed by atoms with van der Waals surface area (Å²) in [6.45, 7) is 5.13. The molecule has 96 valence electrons. The van der Waals surface area contributed by atoms with E-state index in [4.69, 9.17) is 0 Å². The molecule has 1 aromatic heterocycles. The lowest BCUT2D eigenvalue weighted by Crippen LogP contribution is -2.20. The van der Waals surface area contributed by atoms with Gasteiger partial charge in [0.25, 0.3) is 0 Å². The Hall–Kier alpha value is -0.710. The second-order valence-corrected chi connectivity index (χ2v) is 6.50. The van der Waals surface area contributed by atoms with Crippen molar-refractivity contribution in [3.05, 3.63) is 50.4 Å². The van der Waals surface area contributed by atoms with Crippen LogP contribution >= 0.6 is 27.3 Å². The first-order valence-corrected chi connectivity index (χ1v) is 7.70. The zero-order valence-corrected chi connectivity index (χ0v) is 13.0. The molecule has 0 amide bonds. The predicted molar refractivity (Wildman–Crippen MR) is 80.9 cm³/mol. The van der Waals surface area contributed by atoms with Gasteiger partial charge >= 0.3 is 0 Å². The van der Waals surface area contributed by atoms with Gasteiger partial charge in [-0.15, -0.1) is 11.3 Å². The fourth-order valence-electron chi connectivity index (χ4n) is 1.91. The highest BCUT2D eigenvalue weighted by molar-refractivity contribution is 9.10. The number of halogens is 1. The summed E-state index contributed by atoms with van der Waals surface area (Å²) in [6, 6.07) is 8.86. The molecule has 1 unspecified atom stereocenters. The smallest absolute Gasteiger partial charge is 0.107 e. The fraction of sp³-hybridized carbons (Fsp3) is 0.357. The maximum atomic E-state index is 4.38. The van der Waals surface area contributed by atoms with Crippen LogP contribution in [0.15, 0.2) is 34.9 Å². The van der Waals surface area contributed by atoms with Crippen LogP contribution < -0.4 is 5.32 Å². The van der Waals surface area contributed by atoms with Crippen molar-refractivity contribution in [2.75, 3.05) is 0 Å². The number of nitrogens with one attached hydrogen (secondary N) is 1. The van der Waals surface area contributed by atoms with Gasteiger partial charge in [-0.3, -0.25) is 0 Å². The third-order valence-electron chi connectivity index (χ3n) is 2.83. The second-order valence-electron chi connectivity index (χ2n) is 4.26. The van der Waals surface area contributed by atoms with Gasteiger partial charge in [-0.05, 0) is 31.0 Å². The first kappa shape index (κ1) is 13.7. The van der Waals surface area contributed by atoms with E-state index in [9.17, 15) is 0 Å². The molecule has 2 nitrogen and oxygen atoms in total. The Morgan fingerprint density at radius 3 is 2.89 bits per heavy atom. The van der Waals surface area contributed by atoms with Gasteiger partial charge in [0.1, 0.15) is 5.01 Å². The van der Waals surface area contributed by atoms with E-state index < -0.39 is 0 Å². The van der Waals surface area contributed by atoms with Crippen LogP contribution in [0.1, 0.15) is 34.8 Å². The number of hydrogen-bond acceptors (Lipinski definition) is 3. The van der Waals surface area contributed by atoms with E-state index in [1.54, 1.807) is 11.3 Å². The van der Waals surface area contributed by atoms with E-state index >= 15 is 0 Å². The average molecular weight is 325 g/mol. The summed E-state index contributed by atoms with van der Waals surface area (Å²) in [7, 11) is 0. The second kappa shape index (κ2) is 6.45. The molecule has 0 fully saturated rings. The van der Waals surface area contributed by atoms with Crippen LogP contribution in [0.4, 0.5) is 0 Å². The van der Waals surface area contributed by atoms with Gasteiger partial charge in [0.2, 0.25) is 0 Å². The van der Waals surface area contributed by atoms with Gasteiger partial charge in [-0.2, -0.15) is 0 Å². The molecule has 0 aliphatic rings. The van der Waals surface area contributed by atoms with Crippen LogP contribution in [-0.2, 0) is 6.54 Å². The third-order valence-corrected chi connectivity index (χ3v) is 4.23. The maximum absolute atomic E-state index is 4.38. The maximum Gasteiger partial charge on any atom is 0.107 e. The van der Waals surface area contributed by atoms with Crippen molar-refractivity contribution in [3.8, 4) is 0 Å². The van der Waals surface area contributed by atoms with E-state index in [1.165, 1.54) is 10.4 Å². The number of benzene rings is 1. The average Bonchev–Trinajstić information content (AvgIpc) is 2.76. The van der Waals surface area contributed by atoms with Crippen molar-refractivity contribution >= 4 is 27.3 Å². The van der Waals surface area contributed by atoms with E-state index in [0.717, 1.165) is 22.4 Å². The molecule has 1 aromatic carbocycles. The molecule has 0 saturated carbocycles. The fourth-order valence-corrected chi connectivity index (χ4v) is 3.07. The summed E-state index contributed by atoms with van der Waals surface area (Å²) in [5.41, 5.74) is 1.32. The van der Waals surface area contributed by atoms with Crippen molar-refractivity contribution in [1.82, 2.24) is 10.3 Å². The summed E-state index contributed by atoms with van der Waals surface area (Å²) in [4.78, 5) is 5.65. The summed E-state index contributed by atoms with van der Waals surface area (Å²) >= 11 is 5.28. The lowest BCUT2D eigenvalue weighted by molar-refractivity contribution is 0.518. The molecule has 1 atom stereocenters. The van der Waals surface area contributed by atoms with Crippen molar-refractivity contribution in [1.29, 1.82) is 0 Å². The molecule has 0 aliphatic carbocycles. The minimum Gasteiger partial charge on any atom is -0.304 e. The van der Waals surface area contributed by atoms with Gasteiger partial charge in [0, 0.05) is 28.1 Å². The summed E-state index contributed by atoms with van der Waals surface area (Å²) < 4.78 is 1.13. The summed E-state index contributed by atoms with van der Waals surface area (Å²) in [5.74, 6) is 0. The topological polar surface area (TPSA) is 24.9 Å². The van der Waals surface area contributed by atoms with Crippen molar-refractivity contribution in [2.45, 2.75) is 32.9 Å². The summed E-state index contributed by atoms with van der Waals surface area (Å²) in [6.07, 6.45) is 3.00. The van der Waals surface area contributed by atoms with Gasteiger partial charge in [-0.25, -0.2) is 4.98 Å². The van der Waals surface area contributed by atoms with E-state index in [-0.39, 0.29) is 0 Å². The molecule has 0 spiro atoms. The third kappa shape index (κ3) is 3.64. The van der Waals surface area contributed by atoms with E-state index in [0.29, 0.717) is 6.04 Å². The Kier molecular flexibility index (Phi) is 4.92. The van der Waals surface area contributed by atoms with E-state index in [2.05, 4.69) is 64.3 Å². The Balaban J connectivity index is 2.01. The first-order chi connectivity index (χ1) is 8.69. The zero-order chi connectivity index (χ0) is 13.0. The molecule has 0 aliphatic heterocycles. The molecule has 2 rings (SSSR count). The van der Waals surface area contributed by atoms with Crippen LogP contribution in [0.3, 0.4) is 0 Å². The molecule has 1 N–H and O–H groups in total. The number of rotatable bonds is 5. The molecule has 1 heterocycles. The van der Waals surface area contributed by atoms with Gasteiger partial charge in [-0.1, -0.05) is 35.0 Å². The van der Waals surface area contributed by atoms with Gasteiger partial charge < -0.3 is 5.32 Å². The zero-order valence-electron chi connectivity index (χ0n) is 10.6. The number of aromatic nitrogens is 1. The minimum atomic E-state index is 0.381.